The zero-order chi connectivity index (χ0) is 16.9. The van der Waals surface area contributed by atoms with E-state index in [2.05, 4.69) is 10.3 Å². The first-order chi connectivity index (χ1) is 11.7. The number of pyridine rings is 1. The summed E-state index contributed by atoms with van der Waals surface area (Å²) in [7, 11) is 1.53. The Kier molecular flexibility index (Phi) is 4.74. The van der Waals surface area contributed by atoms with Crippen LogP contribution in [0.3, 0.4) is 0 Å². The first kappa shape index (κ1) is 16.0. The molecule has 1 saturated heterocycles. The minimum absolute atomic E-state index is 0.00635. The van der Waals surface area contributed by atoms with Crippen LogP contribution in [-0.2, 0) is 16.1 Å². The van der Waals surface area contributed by atoms with E-state index < -0.39 is 0 Å². The number of hydrogen-bond donors (Lipinski definition) is 1. The highest BCUT2D eigenvalue weighted by Crippen LogP contribution is 2.22. The van der Waals surface area contributed by atoms with Crippen LogP contribution in [0, 0.1) is 5.92 Å². The quantitative estimate of drug-likeness (QED) is 0.913. The van der Waals surface area contributed by atoms with E-state index in [0.717, 1.165) is 5.56 Å². The van der Waals surface area contributed by atoms with Gasteiger partial charge in [-0.1, -0.05) is 30.3 Å². The lowest BCUT2D eigenvalue weighted by atomic mass is 10.1. The van der Waals surface area contributed by atoms with Gasteiger partial charge in [-0.3, -0.25) is 9.59 Å². The predicted octanol–water partition coefficient (Wildman–Crippen LogP) is 2.08. The summed E-state index contributed by atoms with van der Waals surface area (Å²) in [6.07, 6.45) is 1.78. The Balaban J connectivity index is 1.59. The molecule has 6 heteroatoms. The highest BCUT2D eigenvalue weighted by Gasteiger charge is 2.34. The minimum Gasteiger partial charge on any atom is -0.481 e. The summed E-state index contributed by atoms with van der Waals surface area (Å²) >= 11 is 0. The molecule has 6 nitrogen and oxygen atoms in total. The van der Waals surface area contributed by atoms with Crippen molar-refractivity contribution in [3.63, 3.8) is 0 Å². The molecule has 2 amide bonds. The lowest BCUT2D eigenvalue weighted by molar-refractivity contribution is -0.128. The topological polar surface area (TPSA) is 71.5 Å². The molecule has 0 spiro atoms. The molecule has 124 valence electrons. The maximum atomic E-state index is 12.4. The SMILES string of the molecule is COc1ccc(NC(=O)C2CC(=O)N(Cc3ccccc3)C2)cn1. The van der Waals surface area contributed by atoms with E-state index in [1.807, 2.05) is 30.3 Å². The molecule has 1 unspecified atom stereocenters. The fourth-order valence-corrected chi connectivity index (χ4v) is 2.72. The van der Waals surface area contributed by atoms with Gasteiger partial charge in [0.1, 0.15) is 0 Å². The number of nitrogens with zero attached hydrogens (tertiary/aromatic N) is 2. The third-order valence-electron chi connectivity index (χ3n) is 4.01. The molecule has 1 aromatic carbocycles. The summed E-state index contributed by atoms with van der Waals surface area (Å²) < 4.78 is 4.98. The monoisotopic (exact) mass is 325 g/mol. The number of nitrogens with one attached hydrogen (secondary N) is 1. The van der Waals surface area contributed by atoms with Crippen molar-refractivity contribution in [1.29, 1.82) is 0 Å². The van der Waals surface area contributed by atoms with Crippen LogP contribution in [-0.4, -0.2) is 35.4 Å². The number of ether oxygens (including phenoxy) is 1. The molecule has 0 bridgehead atoms. The maximum Gasteiger partial charge on any atom is 0.229 e. The van der Waals surface area contributed by atoms with Gasteiger partial charge in [-0.05, 0) is 11.6 Å². The van der Waals surface area contributed by atoms with Crippen molar-refractivity contribution in [3.05, 3.63) is 54.2 Å². The zero-order valence-electron chi connectivity index (χ0n) is 13.4. The number of aromatic nitrogens is 1. The number of carbonyl (C=O) groups excluding carboxylic acids is 2. The lowest BCUT2D eigenvalue weighted by Crippen LogP contribution is -2.28. The summed E-state index contributed by atoms with van der Waals surface area (Å²) in [6, 6.07) is 13.2. The summed E-state index contributed by atoms with van der Waals surface area (Å²) in [5, 5.41) is 2.80. The highest BCUT2D eigenvalue weighted by atomic mass is 16.5. The minimum atomic E-state index is -0.344. The van der Waals surface area contributed by atoms with Crippen molar-refractivity contribution in [2.45, 2.75) is 13.0 Å². The number of methoxy groups -OCH3 is 1. The van der Waals surface area contributed by atoms with Gasteiger partial charge in [0.25, 0.3) is 0 Å². The Bertz CT molecular complexity index is 716. The van der Waals surface area contributed by atoms with Gasteiger partial charge in [-0.2, -0.15) is 0 Å². The van der Waals surface area contributed by atoms with Gasteiger partial charge in [0.15, 0.2) is 0 Å². The normalized spacial score (nSPS) is 17.0. The summed E-state index contributed by atoms with van der Waals surface area (Å²) in [5.41, 5.74) is 1.65. The van der Waals surface area contributed by atoms with Gasteiger partial charge in [0.2, 0.25) is 17.7 Å². The van der Waals surface area contributed by atoms with Gasteiger partial charge in [-0.15, -0.1) is 0 Å². The number of rotatable bonds is 5. The van der Waals surface area contributed by atoms with Crippen molar-refractivity contribution in [3.8, 4) is 5.88 Å². The number of hydrogen-bond acceptors (Lipinski definition) is 4. The van der Waals surface area contributed by atoms with E-state index in [4.69, 9.17) is 4.74 Å². The fourth-order valence-electron chi connectivity index (χ4n) is 2.72. The largest absolute Gasteiger partial charge is 0.481 e. The Morgan fingerprint density at radius 2 is 2.08 bits per heavy atom. The fraction of sp³-hybridized carbons (Fsp3) is 0.278. The van der Waals surface area contributed by atoms with E-state index in [0.29, 0.717) is 24.7 Å². The molecule has 1 atom stereocenters. The molecule has 1 N–H and O–H groups in total. The Morgan fingerprint density at radius 1 is 1.29 bits per heavy atom. The second-order valence-corrected chi connectivity index (χ2v) is 5.74. The summed E-state index contributed by atoms with van der Waals surface area (Å²) in [4.78, 5) is 30.3. The Labute approximate surface area is 140 Å². The number of likely N-dealkylation sites (tertiary alicyclic amines) is 1. The Hall–Kier alpha value is -2.89. The van der Waals surface area contributed by atoms with Crippen molar-refractivity contribution in [2.24, 2.45) is 5.92 Å². The first-order valence-corrected chi connectivity index (χ1v) is 7.78. The average molecular weight is 325 g/mol. The molecule has 3 rings (SSSR count). The first-order valence-electron chi connectivity index (χ1n) is 7.78. The molecule has 1 aromatic heterocycles. The van der Waals surface area contributed by atoms with Crippen LogP contribution in [0.25, 0.3) is 0 Å². The second kappa shape index (κ2) is 7.12. The maximum absolute atomic E-state index is 12.4. The van der Waals surface area contributed by atoms with Crippen LogP contribution in [0.1, 0.15) is 12.0 Å². The number of carbonyl (C=O) groups is 2. The summed E-state index contributed by atoms with van der Waals surface area (Å²) in [5.74, 6) is -0.0147. The van der Waals surface area contributed by atoms with Gasteiger partial charge < -0.3 is 15.0 Å². The van der Waals surface area contributed by atoms with Crippen molar-refractivity contribution >= 4 is 17.5 Å². The molecule has 2 aromatic rings. The van der Waals surface area contributed by atoms with E-state index >= 15 is 0 Å². The number of benzene rings is 1. The van der Waals surface area contributed by atoms with E-state index in [1.54, 1.807) is 17.0 Å². The molecule has 2 heterocycles. The molecular formula is C18H19N3O3. The van der Waals surface area contributed by atoms with E-state index in [-0.39, 0.29) is 24.2 Å². The van der Waals surface area contributed by atoms with Crippen LogP contribution in [0.2, 0.25) is 0 Å². The molecule has 0 radical (unpaired) electrons. The standard InChI is InChI=1S/C18H19N3O3/c1-24-16-8-7-15(10-19-16)20-18(23)14-9-17(22)21(12-14)11-13-5-3-2-4-6-13/h2-8,10,14H,9,11-12H2,1H3,(H,20,23). The average Bonchev–Trinajstić information content (AvgIpc) is 2.97. The van der Waals surface area contributed by atoms with Crippen molar-refractivity contribution in [2.75, 3.05) is 19.0 Å². The predicted molar refractivity (Wildman–Crippen MR) is 89.4 cm³/mol. The zero-order valence-corrected chi connectivity index (χ0v) is 13.4. The van der Waals surface area contributed by atoms with Gasteiger partial charge >= 0.3 is 0 Å². The second-order valence-electron chi connectivity index (χ2n) is 5.74. The molecule has 1 aliphatic heterocycles. The number of anilines is 1. The van der Waals surface area contributed by atoms with Crippen LogP contribution < -0.4 is 10.1 Å². The summed E-state index contributed by atoms with van der Waals surface area (Å²) in [6.45, 7) is 0.969. The van der Waals surface area contributed by atoms with Crippen molar-refractivity contribution in [1.82, 2.24) is 9.88 Å². The van der Waals surface area contributed by atoms with Crippen LogP contribution in [0.4, 0.5) is 5.69 Å². The highest BCUT2D eigenvalue weighted by molar-refractivity contribution is 5.97. The van der Waals surface area contributed by atoms with E-state index in [1.165, 1.54) is 13.3 Å². The molecule has 0 aliphatic carbocycles. The smallest absolute Gasteiger partial charge is 0.229 e. The Morgan fingerprint density at radius 3 is 2.75 bits per heavy atom. The van der Waals surface area contributed by atoms with Gasteiger partial charge in [0, 0.05) is 25.6 Å². The molecule has 24 heavy (non-hydrogen) atoms. The molecule has 1 fully saturated rings. The molecular weight excluding hydrogens is 306 g/mol. The molecule has 1 aliphatic rings. The third kappa shape index (κ3) is 3.71. The van der Waals surface area contributed by atoms with Gasteiger partial charge in [-0.25, -0.2) is 4.98 Å². The molecule has 0 saturated carbocycles. The number of amides is 2. The van der Waals surface area contributed by atoms with E-state index in [9.17, 15) is 9.59 Å². The third-order valence-corrected chi connectivity index (χ3v) is 4.01. The van der Waals surface area contributed by atoms with Crippen LogP contribution in [0.15, 0.2) is 48.7 Å². The van der Waals surface area contributed by atoms with Gasteiger partial charge in [0.05, 0.1) is 24.9 Å². The van der Waals surface area contributed by atoms with Crippen LogP contribution in [0.5, 0.6) is 5.88 Å². The van der Waals surface area contributed by atoms with Crippen molar-refractivity contribution < 1.29 is 14.3 Å². The van der Waals surface area contributed by atoms with Crippen LogP contribution >= 0.6 is 0 Å². The lowest BCUT2D eigenvalue weighted by Gasteiger charge is -2.16.